The first-order chi connectivity index (χ1) is 15.0. The van der Waals surface area contributed by atoms with Gasteiger partial charge in [0.15, 0.2) is 26.4 Å². The summed E-state index contributed by atoms with van der Waals surface area (Å²) in [5.74, 6) is -0.517. The molecule has 0 spiro atoms. The number of rotatable bonds is 14. The summed E-state index contributed by atoms with van der Waals surface area (Å²) in [6, 6.07) is 0.653. The molecule has 0 unspecified atom stereocenters. The van der Waals surface area contributed by atoms with Crippen LogP contribution in [0.1, 0.15) is 34.6 Å². The van der Waals surface area contributed by atoms with Gasteiger partial charge in [0.05, 0.1) is 0 Å². The fraction of sp³-hybridized carbons (Fsp3) is 0.810. The highest BCUT2D eigenvalue weighted by atomic mass is 28.5. The topological polar surface area (TPSA) is 83.5 Å². The van der Waals surface area contributed by atoms with Crippen molar-refractivity contribution in [3.05, 3.63) is 12.2 Å². The molecule has 0 heterocycles. The van der Waals surface area contributed by atoms with Crippen LogP contribution < -0.4 is 0 Å². The van der Waals surface area contributed by atoms with Gasteiger partial charge in [0, 0.05) is 24.3 Å². The monoisotopic (exact) mass is 567 g/mol. The molecular formula is C21H49NO7Si5. The molecule has 0 aromatic rings. The molecule has 0 N–H and O–H groups in total. The first kappa shape index (κ1) is 33.4. The minimum Gasteiger partial charge on any atom is -0.467 e. The maximum Gasteiger partial charge on any atom is 0.410 e. The number of amides is 1. The van der Waals surface area contributed by atoms with Crippen LogP contribution >= 0.6 is 0 Å². The molecule has 34 heavy (non-hydrogen) atoms. The fourth-order valence-electron chi connectivity index (χ4n) is 3.10. The average Bonchev–Trinajstić information content (AvgIpc) is 2.57. The lowest BCUT2D eigenvalue weighted by Gasteiger charge is -2.42. The van der Waals surface area contributed by atoms with Crippen molar-refractivity contribution in [3.63, 3.8) is 0 Å². The van der Waals surface area contributed by atoms with Crippen molar-refractivity contribution in [1.82, 2.24) is 4.90 Å². The zero-order valence-electron chi connectivity index (χ0n) is 23.8. The molecule has 0 atom stereocenters. The van der Waals surface area contributed by atoms with Crippen LogP contribution in [0.25, 0.3) is 0 Å². The van der Waals surface area contributed by atoms with E-state index < -0.39 is 58.2 Å². The van der Waals surface area contributed by atoms with E-state index in [-0.39, 0.29) is 0 Å². The molecule has 0 rings (SSSR count). The average molecular weight is 568 g/mol. The Bertz CT molecular complexity index is 701. The van der Waals surface area contributed by atoms with Gasteiger partial charge in [0.25, 0.3) is 0 Å². The summed E-state index contributed by atoms with van der Waals surface area (Å²) in [4.78, 5) is 27.1. The molecule has 200 valence electrons. The van der Waals surface area contributed by atoms with Gasteiger partial charge in [-0.1, -0.05) is 6.58 Å². The highest BCUT2D eigenvalue weighted by Crippen LogP contribution is 2.31. The van der Waals surface area contributed by atoms with Crippen LogP contribution in [0.5, 0.6) is 0 Å². The number of carbonyl (C=O) groups excluding carboxylic acids is 2. The molecule has 0 aliphatic heterocycles. The Labute approximate surface area is 216 Å². The second kappa shape index (κ2) is 12.6. The van der Waals surface area contributed by atoms with Gasteiger partial charge < -0.3 is 26.7 Å². The smallest absolute Gasteiger partial charge is 0.410 e. The number of hydrogen-bond acceptors (Lipinski definition) is 7. The Balaban J connectivity index is 5.65. The number of hydrogen-bond donors (Lipinski definition) is 0. The lowest BCUT2D eigenvalue weighted by molar-refractivity contribution is -0.177. The predicted octanol–water partition coefficient (Wildman–Crippen LogP) is 3.21. The van der Waals surface area contributed by atoms with Crippen molar-refractivity contribution in [2.24, 2.45) is 0 Å². The first-order valence-corrected chi connectivity index (χ1v) is 23.5. The molecule has 1 amide bonds. The van der Waals surface area contributed by atoms with Crippen molar-refractivity contribution in [2.75, 3.05) is 12.7 Å². The van der Waals surface area contributed by atoms with Crippen molar-refractivity contribution in [1.29, 1.82) is 0 Å². The van der Waals surface area contributed by atoms with Crippen LogP contribution in [-0.2, 0) is 26.6 Å². The molecule has 0 aliphatic rings. The molecule has 0 aromatic carbocycles. The van der Waals surface area contributed by atoms with Crippen LogP contribution in [0.2, 0.25) is 51.9 Å². The SMILES string of the molecule is C=C(C)C(=O)OC(C)(C)C(C)(C)OC(=O)N(CC[Si](C)(O[Si](C)(C)C)O[Si](C)(C)C)C[SiH2]O[SiH3]. The zero-order chi connectivity index (χ0) is 27.2. The van der Waals surface area contributed by atoms with E-state index in [4.69, 9.17) is 21.8 Å². The molecule has 0 bridgehead atoms. The molecule has 0 fully saturated rings. The minimum absolute atomic E-state index is 0.293. The van der Waals surface area contributed by atoms with Crippen LogP contribution in [0.4, 0.5) is 4.79 Å². The maximum absolute atomic E-state index is 13.3. The van der Waals surface area contributed by atoms with E-state index in [9.17, 15) is 9.59 Å². The molecule has 0 aromatic heterocycles. The van der Waals surface area contributed by atoms with Crippen molar-refractivity contribution in [3.8, 4) is 0 Å². The van der Waals surface area contributed by atoms with Crippen LogP contribution in [0.15, 0.2) is 12.2 Å². The summed E-state index contributed by atoms with van der Waals surface area (Å²) < 4.78 is 30.2. The zero-order valence-corrected chi connectivity index (χ0v) is 30.3. The largest absolute Gasteiger partial charge is 0.467 e. The normalized spacial score (nSPS) is 13.9. The summed E-state index contributed by atoms with van der Waals surface area (Å²) in [6.07, 6.45) is 0.0856. The second-order valence-corrected chi connectivity index (χ2v) is 27.9. The van der Waals surface area contributed by atoms with Crippen LogP contribution in [-0.4, -0.2) is 86.3 Å². The van der Waals surface area contributed by atoms with E-state index in [0.717, 1.165) is 0 Å². The minimum atomic E-state index is -2.52. The molecule has 0 radical (unpaired) electrons. The summed E-state index contributed by atoms with van der Waals surface area (Å²) in [7, 11) is -6.45. The van der Waals surface area contributed by atoms with Gasteiger partial charge in [0.2, 0.25) is 0 Å². The van der Waals surface area contributed by atoms with Gasteiger partial charge in [-0.05, 0) is 80.4 Å². The molecule has 0 saturated carbocycles. The maximum atomic E-state index is 13.3. The van der Waals surface area contributed by atoms with Gasteiger partial charge in [-0.3, -0.25) is 0 Å². The van der Waals surface area contributed by atoms with E-state index in [0.29, 0.717) is 34.8 Å². The van der Waals surface area contributed by atoms with E-state index in [2.05, 4.69) is 52.4 Å². The first-order valence-electron chi connectivity index (χ1n) is 11.8. The third kappa shape index (κ3) is 12.4. The van der Waals surface area contributed by atoms with Crippen LogP contribution in [0.3, 0.4) is 0 Å². The van der Waals surface area contributed by atoms with Crippen molar-refractivity contribution in [2.45, 2.75) is 97.7 Å². The van der Waals surface area contributed by atoms with Crippen molar-refractivity contribution < 1.29 is 31.4 Å². The summed E-state index contributed by atoms with van der Waals surface area (Å²) in [6.45, 7) is 27.7. The Morgan fingerprint density at radius 3 is 1.74 bits per heavy atom. The Morgan fingerprint density at radius 2 is 1.35 bits per heavy atom. The van der Waals surface area contributed by atoms with E-state index in [1.807, 2.05) is 0 Å². The van der Waals surface area contributed by atoms with Gasteiger partial charge in [0.1, 0.15) is 21.7 Å². The van der Waals surface area contributed by atoms with Gasteiger partial charge in [-0.2, -0.15) is 0 Å². The van der Waals surface area contributed by atoms with Gasteiger partial charge in [-0.25, -0.2) is 9.59 Å². The van der Waals surface area contributed by atoms with Crippen LogP contribution in [0, 0.1) is 0 Å². The van der Waals surface area contributed by atoms with E-state index in [1.54, 1.807) is 39.5 Å². The highest BCUT2D eigenvalue weighted by molar-refractivity contribution is 6.87. The second-order valence-electron chi connectivity index (χ2n) is 11.9. The quantitative estimate of drug-likeness (QED) is 0.181. The third-order valence-corrected chi connectivity index (χ3v) is 17.0. The molecule has 0 aliphatic carbocycles. The third-order valence-electron chi connectivity index (χ3n) is 5.19. The Hall–Kier alpha value is -0.556. The number of esters is 1. The van der Waals surface area contributed by atoms with Gasteiger partial charge >= 0.3 is 20.6 Å². The van der Waals surface area contributed by atoms with E-state index >= 15 is 0 Å². The van der Waals surface area contributed by atoms with Crippen molar-refractivity contribution >= 4 is 57.5 Å². The molecule has 13 heteroatoms. The summed E-state index contributed by atoms with van der Waals surface area (Å²) in [5, 5.41) is 0. The lowest BCUT2D eigenvalue weighted by Crippen LogP contribution is -2.55. The Morgan fingerprint density at radius 1 is 0.912 bits per heavy atom. The predicted molar refractivity (Wildman–Crippen MR) is 152 cm³/mol. The molecule has 0 saturated heterocycles. The summed E-state index contributed by atoms with van der Waals surface area (Å²) in [5.41, 5.74) is -1.83. The standard InChI is InChI=1S/C21H49NO7Si5/c1-17(2)18(23)25-20(3,4)21(5,6)26-19(24)22(16-31-27-30)14-15-34(13,28-32(7,8)9)29-33(10,11)12/h1,14-16,31H2,2-13,30H3. The lowest BCUT2D eigenvalue weighted by atomic mass is 9.89. The number of nitrogens with zero attached hydrogens (tertiary/aromatic N) is 1. The number of ether oxygens (including phenoxy) is 2. The number of carbonyl (C=O) groups is 2. The molecule has 8 nitrogen and oxygen atoms in total. The molecular weight excluding hydrogens is 519 g/mol. The fourth-order valence-corrected chi connectivity index (χ4v) is 16.9. The van der Waals surface area contributed by atoms with Gasteiger partial charge in [-0.15, -0.1) is 0 Å². The Kier molecular flexibility index (Phi) is 12.4. The highest BCUT2D eigenvalue weighted by Gasteiger charge is 2.45. The van der Waals surface area contributed by atoms with E-state index in [1.165, 1.54) is 0 Å². The summed E-state index contributed by atoms with van der Waals surface area (Å²) >= 11 is 0.